The van der Waals surface area contributed by atoms with E-state index in [4.69, 9.17) is 4.74 Å². The first kappa shape index (κ1) is 28.4. The van der Waals surface area contributed by atoms with E-state index in [2.05, 4.69) is 41.9 Å². The van der Waals surface area contributed by atoms with E-state index < -0.39 is 6.10 Å². The van der Waals surface area contributed by atoms with Gasteiger partial charge in [-0.25, -0.2) is 4.39 Å². The number of hydrogen-bond donors (Lipinski definition) is 2. The maximum atomic E-state index is 14.1. The highest BCUT2D eigenvalue weighted by Gasteiger charge is 2.31. The van der Waals surface area contributed by atoms with Gasteiger partial charge in [-0.1, -0.05) is 68.5 Å². The Labute approximate surface area is 241 Å². The van der Waals surface area contributed by atoms with Crippen LogP contribution in [0.1, 0.15) is 57.2 Å². The van der Waals surface area contributed by atoms with Gasteiger partial charge in [-0.05, 0) is 60.4 Å². The average molecular weight is 553 g/mol. The fourth-order valence-electron chi connectivity index (χ4n) is 5.80. The molecule has 1 fully saturated rings. The van der Waals surface area contributed by atoms with E-state index in [9.17, 15) is 14.3 Å². The minimum absolute atomic E-state index is 0.0379. The standard InChI is InChI=1S/C35H37FN2O3/c1-4-30(37-27-13-9-6-10-14-27)33-32(24-11-7-5-8-12-24)35(25-15-17-26(36)18-16-25)38(34(33)23(2)3)20-19-29-21-28(39)22-31(40)41-29/h4-18,23,28-29,37,39H,19-22H2,1-3H3/b30-4-/t28?,29-/m1/s1. The number of ether oxygens (including phenoxy) is 1. The number of hydrogen-bond acceptors (Lipinski definition) is 4. The lowest BCUT2D eigenvalue weighted by Gasteiger charge is -2.27. The summed E-state index contributed by atoms with van der Waals surface area (Å²) < 4.78 is 22.1. The topological polar surface area (TPSA) is 63.5 Å². The first-order valence-corrected chi connectivity index (χ1v) is 14.3. The minimum atomic E-state index is -0.688. The number of nitrogens with one attached hydrogen (secondary N) is 1. The molecule has 0 spiro atoms. The number of esters is 1. The Hall–Kier alpha value is -4.16. The number of rotatable bonds is 9. The quantitative estimate of drug-likeness (QED) is 0.207. The number of para-hydroxylation sites is 1. The normalized spacial score (nSPS) is 17.5. The van der Waals surface area contributed by atoms with Crippen LogP contribution in [-0.2, 0) is 16.1 Å². The molecule has 2 N–H and O–H groups in total. The van der Waals surface area contributed by atoms with Crippen molar-refractivity contribution in [3.05, 3.63) is 108 Å². The lowest BCUT2D eigenvalue weighted by molar-refractivity contribution is -0.160. The molecule has 2 atom stereocenters. The van der Waals surface area contributed by atoms with E-state index in [0.29, 0.717) is 19.4 Å². The van der Waals surface area contributed by atoms with Crippen LogP contribution in [0, 0.1) is 5.82 Å². The molecule has 0 bridgehead atoms. The van der Waals surface area contributed by atoms with Crippen LogP contribution >= 0.6 is 0 Å². The van der Waals surface area contributed by atoms with Gasteiger partial charge in [-0.3, -0.25) is 4.79 Å². The fraction of sp³-hybridized carbons (Fsp3) is 0.286. The molecule has 6 heteroatoms. The molecular weight excluding hydrogens is 515 g/mol. The summed E-state index contributed by atoms with van der Waals surface area (Å²) in [6.07, 6.45) is 2.05. The largest absolute Gasteiger partial charge is 0.462 e. The van der Waals surface area contributed by atoms with Crippen molar-refractivity contribution < 1.29 is 19.0 Å². The minimum Gasteiger partial charge on any atom is -0.462 e. The Morgan fingerprint density at radius 3 is 2.29 bits per heavy atom. The number of benzene rings is 3. The first-order valence-electron chi connectivity index (χ1n) is 14.3. The van der Waals surface area contributed by atoms with Crippen molar-refractivity contribution in [2.45, 2.75) is 64.7 Å². The summed E-state index contributed by atoms with van der Waals surface area (Å²) in [5.74, 6) is -0.521. The third kappa shape index (κ3) is 6.28. The summed E-state index contributed by atoms with van der Waals surface area (Å²) >= 11 is 0. The van der Waals surface area contributed by atoms with Crippen LogP contribution in [0.15, 0.2) is 91.0 Å². The van der Waals surface area contributed by atoms with E-state index in [1.165, 1.54) is 12.1 Å². The Balaban J connectivity index is 1.74. The Kier molecular flexibility index (Phi) is 8.70. The molecule has 0 radical (unpaired) electrons. The number of cyclic esters (lactones) is 1. The summed E-state index contributed by atoms with van der Waals surface area (Å²) in [5.41, 5.74) is 8.14. The van der Waals surface area contributed by atoms with E-state index in [0.717, 1.165) is 45.0 Å². The monoisotopic (exact) mass is 552 g/mol. The van der Waals surface area contributed by atoms with Crippen LogP contribution < -0.4 is 5.32 Å². The van der Waals surface area contributed by atoms with Crippen LogP contribution in [0.3, 0.4) is 0 Å². The van der Waals surface area contributed by atoms with E-state index in [-0.39, 0.29) is 30.2 Å². The van der Waals surface area contributed by atoms with Gasteiger partial charge in [0.05, 0.1) is 18.2 Å². The van der Waals surface area contributed by atoms with Crippen molar-refractivity contribution in [2.24, 2.45) is 0 Å². The van der Waals surface area contributed by atoms with Gasteiger partial charge in [0, 0.05) is 47.6 Å². The summed E-state index contributed by atoms with van der Waals surface area (Å²) in [7, 11) is 0. The molecule has 0 amide bonds. The highest BCUT2D eigenvalue weighted by molar-refractivity contribution is 5.96. The fourth-order valence-corrected chi connectivity index (χ4v) is 5.80. The number of aliphatic hydroxyl groups excluding tert-OH is 1. The number of halogens is 1. The van der Waals surface area contributed by atoms with E-state index >= 15 is 0 Å². The summed E-state index contributed by atoms with van der Waals surface area (Å²) in [6.45, 7) is 6.95. The smallest absolute Gasteiger partial charge is 0.308 e. The number of carbonyl (C=O) groups is 1. The second-order valence-corrected chi connectivity index (χ2v) is 10.9. The Morgan fingerprint density at radius 1 is 1.02 bits per heavy atom. The molecule has 2 heterocycles. The molecule has 0 saturated carbocycles. The maximum absolute atomic E-state index is 14.1. The number of nitrogens with zero attached hydrogens (tertiary/aromatic N) is 1. The van der Waals surface area contributed by atoms with Gasteiger partial charge >= 0.3 is 5.97 Å². The second-order valence-electron chi connectivity index (χ2n) is 10.9. The zero-order valence-electron chi connectivity index (χ0n) is 23.8. The molecule has 1 saturated heterocycles. The molecule has 3 aromatic carbocycles. The molecular formula is C35H37FN2O3. The number of carbonyl (C=O) groups excluding carboxylic acids is 1. The van der Waals surface area contributed by atoms with Gasteiger partial charge in [0.1, 0.15) is 11.9 Å². The molecule has 1 unspecified atom stereocenters. The number of allylic oxidation sites excluding steroid dienone is 1. The zero-order chi connectivity index (χ0) is 28.9. The lowest BCUT2D eigenvalue weighted by atomic mass is 9.93. The van der Waals surface area contributed by atoms with Crippen molar-refractivity contribution in [2.75, 3.05) is 5.32 Å². The zero-order valence-corrected chi connectivity index (χ0v) is 23.8. The van der Waals surface area contributed by atoms with Crippen molar-refractivity contribution >= 4 is 17.4 Å². The molecule has 41 heavy (non-hydrogen) atoms. The number of aliphatic hydroxyl groups is 1. The molecule has 4 aromatic rings. The van der Waals surface area contributed by atoms with Gasteiger partial charge in [0.25, 0.3) is 0 Å². The Morgan fingerprint density at radius 2 is 1.68 bits per heavy atom. The van der Waals surface area contributed by atoms with Gasteiger partial charge in [0.2, 0.25) is 0 Å². The molecule has 212 valence electrons. The molecule has 1 aliphatic heterocycles. The third-order valence-electron chi connectivity index (χ3n) is 7.55. The summed E-state index contributed by atoms with van der Waals surface area (Å²) in [4.78, 5) is 12.1. The van der Waals surface area contributed by atoms with Crippen molar-refractivity contribution in [1.29, 1.82) is 0 Å². The van der Waals surface area contributed by atoms with E-state index in [1.807, 2.05) is 67.6 Å². The van der Waals surface area contributed by atoms with Crippen molar-refractivity contribution in [1.82, 2.24) is 4.57 Å². The second kappa shape index (κ2) is 12.6. The third-order valence-corrected chi connectivity index (χ3v) is 7.55. The number of anilines is 1. The summed E-state index contributed by atoms with van der Waals surface area (Å²) in [5, 5.41) is 13.9. The number of aromatic nitrogens is 1. The van der Waals surface area contributed by atoms with Crippen LogP contribution in [0.5, 0.6) is 0 Å². The summed E-state index contributed by atoms with van der Waals surface area (Å²) in [6, 6.07) is 27.0. The molecule has 5 rings (SSSR count). The predicted molar refractivity (Wildman–Crippen MR) is 163 cm³/mol. The Bertz CT molecular complexity index is 1510. The molecule has 5 nitrogen and oxygen atoms in total. The van der Waals surface area contributed by atoms with E-state index in [1.54, 1.807) is 0 Å². The SMILES string of the molecule is C/C=C(\Nc1ccccc1)c1c(-c2ccccc2)c(-c2ccc(F)cc2)n(CC[C@@H]2CC(O)CC(=O)O2)c1C(C)C. The first-order chi connectivity index (χ1) is 19.9. The van der Waals surface area contributed by atoms with Crippen LogP contribution in [-0.4, -0.2) is 27.9 Å². The maximum Gasteiger partial charge on any atom is 0.308 e. The molecule has 0 aliphatic carbocycles. The van der Waals surface area contributed by atoms with Crippen molar-refractivity contribution in [3.8, 4) is 22.4 Å². The van der Waals surface area contributed by atoms with Crippen LogP contribution in [0.4, 0.5) is 10.1 Å². The predicted octanol–water partition coefficient (Wildman–Crippen LogP) is 8.01. The van der Waals surface area contributed by atoms with Gasteiger partial charge in [-0.2, -0.15) is 0 Å². The van der Waals surface area contributed by atoms with Gasteiger partial charge < -0.3 is 19.7 Å². The van der Waals surface area contributed by atoms with Gasteiger partial charge in [-0.15, -0.1) is 0 Å². The highest BCUT2D eigenvalue weighted by atomic mass is 19.1. The van der Waals surface area contributed by atoms with Crippen LogP contribution in [0.25, 0.3) is 28.1 Å². The molecule has 1 aromatic heterocycles. The van der Waals surface area contributed by atoms with Gasteiger partial charge in [0.15, 0.2) is 0 Å². The van der Waals surface area contributed by atoms with Crippen molar-refractivity contribution in [3.63, 3.8) is 0 Å². The average Bonchev–Trinajstić information content (AvgIpc) is 3.31. The molecule has 1 aliphatic rings. The lowest BCUT2D eigenvalue weighted by Crippen LogP contribution is -2.33. The van der Waals surface area contributed by atoms with Crippen LogP contribution in [0.2, 0.25) is 0 Å². The highest BCUT2D eigenvalue weighted by Crippen LogP contribution is 2.45.